The largest absolute Gasteiger partial charge is 0.494 e. The normalized spacial score (nSPS) is 14.6. The number of sulfonamides is 1. The number of amides is 1. The van der Waals surface area contributed by atoms with E-state index >= 15 is 0 Å². The van der Waals surface area contributed by atoms with E-state index in [9.17, 15) is 13.2 Å². The molecular weight excluding hydrogens is 486 g/mol. The first-order chi connectivity index (χ1) is 17.9. The Bertz CT molecular complexity index is 1260. The molecule has 1 N–H and O–H groups in total. The van der Waals surface area contributed by atoms with Crippen molar-refractivity contribution in [2.24, 2.45) is 0 Å². The minimum atomic E-state index is -3.99. The topological polar surface area (TPSA) is 79.0 Å². The van der Waals surface area contributed by atoms with Crippen LogP contribution in [0.1, 0.15) is 44.7 Å². The SMILES string of the molecule is CCOc1ccc(S(=O)(=O)N(CC(=O)NC(C)c2ccc(N3CCCCC3)cc2)c2ccccc2)cc1. The van der Waals surface area contributed by atoms with Crippen molar-refractivity contribution >= 4 is 27.3 Å². The lowest BCUT2D eigenvalue weighted by Gasteiger charge is -2.29. The zero-order valence-corrected chi connectivity index (χ0v) is 22.3. The predicted octanol–water partition coefficient (Wildman–Crippen LogP) is 5.15. The van der Waals surface area contributed by atoms with E-state index in [1.165, 1.54) is 37.1 Å². The summed E-state index contributed by atoms with van der Waals surface area (Å²) in [7, 11) is -3.99. The summed E-state index contributed by atoms with van der Waals surface area (Å²) in [6.07, 6.45) is 3.71. The van der Waals surface area contributed by atoms with Gasteiger partial charge in [-0.1, -0.05) is 30.3 Å². The Balaban J connectivity index is 1.48. The molecule has 1 fully saturated rings. The zero-order valence-electron chi connectivity index (χ0n) is 21.5. The average molecular weight is 522 g/mol. The molecule has 1 aliphatic heterocycles. The van der Waals surface area contributed by atoms with E-state index < -0.39 is 10.0 Å². The van der Waals surface area contributed by atoms with Crippen molar-refractivity contribution < 1.29 is 17.9 Å². The van der Waals surface area contributed by atoms with Gasteiger partial charge in [-0.2, -0.15) is 0 Å². The Kier molecular flexibility index (Phi) is 8.71. The number of rotatable bonds is 10. The quantitative estimate of drug-likeness (QED) is 0.399. The molecule has 0 radical (unpaired) electrons. The summed E-state index contributed by atoms with van der Waals surface area (Å²) in [5, 5.41) is 2.97. The molecular formula is C29H35N3O4S. The summed E-state index contributed by atoms with van der Waals surface area (Å²) in [6, 6.07) is 22.9. The lowest BCUT2D eigenvalue weighted by atomic mass is 10.1. The Morgan fingerprint density at radius 1 is 0.946 bits per heavy atom. The van der Waals surface area contributed by atoms with Gasteiger partial charge in [0, 0.05) is 18.8 Å². The third kappa shape index (κ3) is 6.63. The molecule has 1 heterocycles. The lowest BCUT2D eigenvalue weighted by Crippen LogP contribution is -2.41. The second kappa shape index (κ2) is 12.1. The highest BCUT2D eigenvalue weighted by atomic mass is 32.2. The fraction of sp³-hybridized carbons (Fsp3) is 0.345. The molecule has 0 bridgehead atoms. The average Bonchev–Trinajstić information content (AvgIpc) is 2.93. The first-order valence-electron chi connectivity index (χ1n) is 12.8. The molecule has 0 aliphatic carbocycles. The van der Waals surface area contributed by atoms with Gasteiger partial charge in [0.15, 0.2) is 0 Å². The van der Waals surface area contributed by atoms with Gasteiger partial charge in [0.2, 0.25) is 5.91 Å². The van der Waals surface area contributed by atoms with Crippen molar-refractivity contribution in [2.45, 2.75) is 44.0 Å². The summed E-state index contributed by atoms with van der Waals surface area (Å²) in [5.74, 6) is 0.205. The highest BCUT2D eigenvalue weighted by Gasteiger charge is 2.27. The summed E-state index contributed by atoms with van der Waals surface area (Å²) in [5.41, 5.74) is 2.58. The minimum absolute atomic E-state index is 0.0916. The number of benzene rings is 3. The third-order valence-corrected chi connectivity index (χ3v) is 8.33. The number of carbonyl (C=O) groups is 1. The molecule has 1 unspecified atom stereocenters. The Labute approximate surface area is 220 Å². The molecule has 3 aromatic carbocycles. The summed E-state index contributed by atoms with van der Waals surface area (Å²) in [6.45, 7) is 6.07. The van der Waals surface area contributed by atoms with E-state index in [0.717, 1.165) is 23.0 Å². The van der Waals surface area contributed by atoms with Crippen molar-refractivity contribution in [3.05, 3.63) is 84.4 Å². The van der Waals surface area contributed by atoms with Crippen LogP contribution in [0, 0.1) is 0 Å². The molecule has 3 aromatic rings. The van der Waals surface area contributed by atoms with Gasteiger partial charge in [0.25, 0.3) is 10.0 Å². The predicted molar refractivity (Wildman–Crippen MR) is 148 cm³/mol. The number of para-hydroxylation sites is 1. The van der Waals surface area contributed by atoms with Gasteiger partial charge in [-0.15, -0.1) is 0 Å². The molecule has 0 aromatic heterocycles. The fourth-order valence-corrected chi connectivity index (χ4v) is 5.96. The van der Waals surface area contributed by atoms with Crippen LogP contribution in [0.25, 0.3) is 0 Å². The Hall–Kier alpha value is -3.52. The highest BCUT2D eigenvalue weighted by Crippen LogP contribution is 2.26. The molecule has 1 aliphatic rings. The van der Waals surface area contributed by atoms with Crippen molar-refractivity contribution in [1.29, 1.82) is 0 Å². The number of ether oxygens (including phenoxy) is 1. The standard InChI is InChI=1S/C29H35N3O4S/c1-3-36-27-16-18-28(19-17-27)37(34,35)32(26-10-6-4-7-11-26)22-29(33)30-23(2)24-12-14-25(15-13-24)31-20-8-5-9-21-31/h4,6-7,10-19,23H,3,5,8-9,20-22H2,1-2H3,(H,30,33). The number of hydrogen-bond acceptors (Lipinski definition) is 5. The molecule has 8 heteroatoms. The van der Waals surface area contributed by atoms with E-state index in [4.69, 9.17) is 4.74 Å². The van der Waals surface area contributed by atoms with Crippen LogP contribution in [-0.2, 0) is 14.8 Å². The number of carbonyl (C=O) groups excluding carboxylic acids is 1. The van der Waals surface area contributed by atoms with Crippen molar-refractivity contribution in [3.8, 4) is 5.75 Å². The fourth-order valence-electron chi connectivity index (χ4n) is 4.54. The third-order valence-electron chi connectivity index (χ3n) is 6.55. The van der Waals surface area contributed by atoms with E-state index in [1.54, 1.807) is 42.5 Å². The zero-order chi connectivity index (χ0) is 26.3. The van der Waals surface area contributed by atoms with E-state index in [-0.39, 0.29) is 23.4 Å². The van der Waals surface area contributed by atoms with Crippen LogP contribution in [0.2, 0.25) is 0 Å². The first-order valence-corrected chi connectivity index (χ1v) is 14.3. The van der Waals surface area contributed by atoms with Gasteiger partial charge in [0.05, 0.1) is 23.2 Å². The van der Waals surface area contributed by atoms with Crippen LogP contribution < -0.4 is 19.3 Å². The first kappa shape index (κ1) is 26.5. The number of nitrogens with zero attached hydrogens (tertiary/aromatic N) is 2. The molecule has 196 valence electrons. The van der Waals surface area contributed by atoms with Crippen LogP contribution in [0.4, 0.5) is 11.4 Å². The van der Waals surface area contributed by atoms with Crippen molar-refractivity contribution in [2.75, 3.05) is 35.4 Å². The van der Waals surface area contributed by atoms with Crippen LogP contribution >= 0.6 is 0 Å². The molecule has 7 nitrogen and oxygen atoms in total. The van der Waals surface area contributed by atoms with E-state index in [1.807, 2.05) is 26.0 Å². The molecule has 0 spiro atoms. The van der Waals surface area contributed by atoms with Gasteiger partial charge in [-0.3, -0.25) is 9.10 Å². The van der Waals surface area contributed by atoms with Crippen molar-refractivity contribution in [1.82, 2.24) is 5.32 Å². The molecule has 0 saturated carbocycles. The van der Waals surface area contributed by atoms with Crippen LogP contribution in [-0.4, -0.2) is 40.6 Å². The maximum absolute atomic E-state index is 13.6. The van der Waals surface area contributed by atoms with E-state index in [2.05, 4.69) is 22.3 Å². The maximum atomic E-state index is 13.6. The lowest BCUT2D eigenvalue weighted by molar-refractivity contribution is -0.120. The molecule has 37 heavy (non-hydrogen) atoms. The maximum Gasteiger partial charge on any atom is 0.264 e. The van der Waals surface area contributed by atoms with Gasteiger partial charge in [-0.05, 0) is 87.2 Å². The summed E-state index contributed by atoms with van der Waals surface area (Å²) >= 11 is 0. The monoisotopic (exact) mass is 521 g/mol. The minimum Gasteiger partial charge on any atom is -0.494 e. The highest BCUT2D eigenvalue weighted by molar-refractivity contribution is 7.92. The molecule has 1 atom stereocenters. The Morgan fingerprint density at radius 3 is 2.22 bits per heavy atom. The van der Waals surface area contributed by atoms with Gasteiger partial charge in [0.1, 0.15) is 12.3 Å². The smallest absolute Gasteiger partial charge is 0.264 e. The van der Waals surface area contributed by atoms with Crippen LogP contribution in [0.3, 0.4) is 0 Å². The second-order valence-electron chi connectivity index (χ2n) is 9.18. The van der Waals surface area contributed by atoms with Crippen LogP contribution in [0.5, 0.6) is 5.75 Å². The van der Waals surface area contributed by atoms with Gasteiger partial charge in [-0.25, -0.2) is 8.42 Å². The van der Waals surface area contributed by atoms with Crippen molar-refractivity contribution in [3.63, 3.8) is 0 Å². The molecule has 4 rings (SSSR count). The van der Waals surface area contributed by atoms with E-state index in [0.29, 0.717) is 18.0 Å². The second-order valence-corrected chi connectivity index (χ2v) is 11.0. The summed E-state index contributed by atoms with van der Waals surface area (Å²) in [4.78, 5) is 15.6. The molecule has 1 amide bonds. The van der Waals surface area contributed by atoms with Gasteiger partial charge < -0.3 is 15.0 Å². The van der Waals surface area contributed by atoms with Crippen LogP contribution in [0.15, 0.2) is 83.8 Å². The number of piperidine rings is 1. The molecule has 1 saturated heterocycles. The number of nitrogens with one attached hydrogen (secondary N) is 1. The summed E-state index contributed by atoms with van der Waals surface area (Å²) < 4.78 is 33.7. The number of anilines is 2. The number of hydrogen-bond donors (Lipinski definition) is 1. The van der Waals surface area contributed by atoms with Gasteiger partial charge >= 0.3 is 0 Å². The Morgan fingerprint density at radius 2 is 1.59 bits per heavy atom.